The molecule has 26 heavy (non-hydrogen) atoms. The van der Waals surface area contributed by atoms with Crippen molar-refractivity contribution in [2.75, 3.05) is 0 Å². The Labute approximate surface area is 154 Å². The van der Waals surface area contributed by atoms with Crippen molar-refractivity contribution in [3.05, 3.63) is 23.9 Å². The molecule has 4 unspecified atom stereocenters. The normalized spacial score (nSPS) is 32.4. The molecule has 0 aromatic heterocycles. The van der Waals surface area contributed by atoms with E-state index in [4.69, 9.17) is 4.74 Å². The van der Waals surface area contributed by atoms with Crippen molar-refractivity contribution < 1.29 is 24.2 Å². The van der Waals surface area contributed by atoms with Gasteiger partial charge < -0.3 is 15.2 Å². The van der Waals surface area contributed by atoms with E-state index >= 15 is 0 Å². The van der Waals surface area contributed by atoms with Gasteiger partial charge in [-0.1, -0.05) is 32.1 Å². The van der Waals surface area contributed by atoms with Crippen molar-refractivity contribution in [2.45, 2.75) is 65.6 Å². The van der Waals surface area contributed by atoms with Crippen molar-refractivity contribution in [3.8, 4) is 0 Å². The first-order valence-corrected chi connectivity index (χ1v) is 9.27. The van der Waals surface area contributed by atoms with Crippen LogP contribution in [0.4, 0.5) is 0 Å². The number of nitrogens with one attached hydrogen (secondary N) is 1. The minimum absolute atomic E-state index is 0.0582. The summed E-state index contributed by atoms with van der Waals surface area (Å²) in [7, 11) is 0. The van der Waals surface area contributed by atoms with E-state index < -0.39 is 17.4 Å². The van der Waals surface area contributed by atoms with Crippen molar-refractivity contribution in [2.24, 2.45) is 17.3 Å². The summed E-state index contributed by atoms with van der Waals surface area (Å²) in [5.41, 5.74) is -0.968. The molecule has 2 heterocycles. The van der Waals surface area contributed by atoms with E-state index in [9.17, 15) is 19.5 Å². The van der Waals surface area contributed by atoms with Crippen molar-refractivity contribution in [3.63, 3.8) is 0 Å². The van der Waals surface area contributed by atoms with Crippen LogP contribution in [0.2, 0.25) is 0 Å². The molecule has 2 saturated heterocycles. The molecule has 2 aliphatic heterocycles. The molecule has 0 spiro atoms. The number of aliphatic hydroxyl groups excluding tert-OH is 1. The Balaban J connectivity index is 2.38. The number of cyclic esters (lactones) is 1. The number of carbonyl (C=O) groups is 3. The minimum Gasteiger partial charge on any atom is -0.463 e. The zero-order chi connectivity index (χ0) is 19.5. The topological polar surface area (TPSA) is 92.7 Å². The number of ether oxygens (including phenoxy) is 1. The molecule has 6 nitrogen and oxygen atoms in total. The molecule has 144 valence electrons. The Bertz CT molecular complexity index is 634. The van der Waals surface area contributed by atoms with E-state index in [1.807, 2.05) is 13.8 Å². The van der Waals surface area contributed by atoms with E-state index in [-0.39, 0.29) is 42.5 Å². The third kappa shape index (κ3) is 4.23. The van der Waals surface area contributed by atoms with Crippen LogP contribution < -0.4 is 5.32 Å². The van der Waals surface area contributed by atoms with Gasteiger partial charge in [0.15, 0.2) is 5.78 Å². The number of esters is 1. The third-order valence-corrected chi connectivity index (χ3v) is 4.95. The summed E-state index contributed by atoms with van der Waals surface area (Å²) in [6.45, 7) is 7.34. The smallest absolute Gasteiger partial charge is 0.306 e. The van der Waals surface area contributed by atoms with Gasteiger partial charge >= 0.3 is 5.97 Å². The van der Waals surface area contributed by atoms with Crippen LogP contribution in [0.15, 0.2) is 23.9 Å². The van der Waals surface area contributed by atoms with Gasteiger partial charge in [-0.05, 0) is 44.9 Å². The van der Waals surface area contributed by atoms with Gasteiger partial charge in [0.25, 0.3) is 0 Å². The Morgan fingerprint density at radius 1 is 1.27 bits per heavy atom. The number of carbonyl (C=O) groups excluding carboxylic acids is 3. The summed E-state index contributed by atoms with van der Waals surface area (Å²) in [5.74, 6) is -1.25. The lowest BCUT2D eigenvalue weighted by molar-refractivity contribution is -0.161. The number of Topliss-reactive ketones (excluding diaryl/α,β-unsaturated/α-hetero) is 1. The maximum Gasteiger partial charge on any atom is 0.306 e. The van der Waals surface area contributed by atoms with Gasteiger partial charge in [0.2, 0.25) is 5.91 Å². The van der Waals surface area contributed by atoms with Crippen LogP contribution in [-0.4, -0.2) is 35.0 Å². The van der Waals surface area contributed by atoms with Gasteiger partial charge in [0.05, 0.1) is 17.9 Å². The molecule has 0 radical (unpaired) electrons. The predicted octanol–water partition coefficient (Wildman–Crippen LogP) is 2.27. The fourth-order valence-corrected chi connectivity index (χ4v) is 3.75. The summed E-state index contributed by atoms with van der Waals surface area (Å²) < 4.78 is 5.19. The minimum atomic E-state index is -1.29. The van der Waals surface area contributed by atoms with Gasteiger partial charge in [-0.3, -0.25) is 14.4 Å². The lowest BCUT2D eigenvalue weighted by Gasteiger charge is -2.36. The second kappa shape index (κ2) is 8.16. The fourth-order valence-electron chi connectivity index (χ4n) is 3.75. The van der Waals surface area contributed by atoms with E-state index in [2.05, 4.69) is 5.32 Å². The van der Waals surface area contributed by atoms with Crippen LogP contribution in [0.5, 0.6) is 0 Å². The Morgan fingerprint density at radius 2 is 1.96 bits per heavy atom. The van der Waals surface area contributed by atoms with Crippen molar-refractivity contribution in [1.82, 2.24) is 5.32 Å². The van der Waals surface area contributed by atoms with Gasteiger partial charge in [0.1, 0.15) is 5.41 Å². The zero-order valence-electron chi connectivity index (χ0n) is 16.0. The zero-order valence-corrected chi connectivity index (χ0v) is 16.0. The molecular weight excluding hydrogens is 334 g/mol. The first-order chi connectivity index (χ1) is 12.2. The molecule has 4 atom stereocenters. The highest BCUT2D eigenvalue weighted by Crippen LogP contribution is 2.46. The summed E-state index contributed by atoms with van der Waals surface area (Å²) in [4.78, 5) is 38.1. The van der Waals surface area contributed by atoms with E-state index in [1.165, 1.54) is 0 Å². The molecule has 1 amide bonds. The molecule has 2 aliphatic rings. The standard InChI is InChI=1S/C20H29NO5/c1-12(2)9-16-18(24)20(19(25)21-16,8-6-5-7-13(3)22)15-10-14(4)26-17(23)11-15/h5-6,9,12-15,22H,7-8,10-11H2,1-4H3,(H,21,25)/b6-5+,16-9+. The Kier molecular flexibility index (Phi) is 6.39. The lowest BCUT2D eigenvalue weighted by Crippen LogP contribution is -2.46. The van der Waals surface area contributed by atoms with Crippen LogP contribution in [0.25, 0.3) is 0 Å². The molecular formula is C20H29NO5. The Morgan fingerprint density at radius 3 is 2.54 bits per heavy atom. The molecule has 0 saturated carbocycles. The third-order valence-electron chi connectivity index (χ3n) is 4.95. The summed E-state index contributed by atoms with van der Waals surface area (Å²) in [5, 5.41) is 12.1. The van der Waals surface area contributed by atoms with Gasteiger partial charge in [-0.25, -0.2) is 0 Å². The SMILES string of the molecule is CC(C)/C=C1/NC(=O)C(C/C=C/CC(C)O)(C2CC(=O)OC(C)C2)C1=O. The van der Waals surface area contributed by atoms with Gasteiger partial charge in [0, 0.05) is 6.42 Å². The number of hydrogen-bond donors (Lipinski definition) is 2. The molecule has 2 N–H and O–H groups in total. The average Bonchev–Trinajstić information content (AvgIpc) is 2.74. The molecule has 0 aromatic carbocycles. The second-order valence-electron chi connectivity index (χ2n) is 7.78. The van der Waals surface area contributed by atoms with E-state index in [0.29, 0.717) is 18.5 Å². The van der Waals surface area contributed by atoms with E-state index in [0.717, 1.165) is 0 Å². The average molecular weight is 363 g/mol. The summed E-state index contributed by atoms with van der Waals surface area (Å²) in [6.07, 6.45) is 5.69. The van der Waals surface area contributed by atoms with Crippen LogP contribution in [-0.2, 0) is 19.1 Å². The van der Waals surface area contributed by atoms with Crippen LogP contribution in [0.3, 0.4) is 0 Å². The predicted molar refractivity (Wildman–Crippen MR) is 96.8 cm³/mol. The molecule has 6 heteroatoms. The summed E-state index contributed by atoms with van der Waals surface area (Å²) in [6, 6.07) is 0. The van der Waals surface area contributed by atoms with E-state index in [1.54, 1.807) is 32.1 Å². The number of allylic oxidation sites excluding steroid dienone is 3. The highest BCUT2D eigenvalue weighted by Gasteiger charge is 2.58. The number of rotatable bonds is 6. The highest BCUT2D eigenvalue weighted by molar-refractivity contribution is 6.21. The largest absolute Gasteiger partial charge is 0.463 e. The second-order valence-corrected chi connectivity index (χ2v) is 7.78. The fraction of sp³-hybridized carbons (Fsp3) is 0.650. The van der Waals surface area contributed by atoms with Crippen molar-refractivity contribution >= 4 is 17.7 Å². The Hall–Kier alpha value is -1.95. The van der Waals surface area contributed by atoms with Crippen LogP contribution in [0.1, 0.15) is 53.4 Å². The number of hydrogen-bond acceptors (Lipinski definition) is 5. The number of aliphatic hydroxyl groups is 1. The summed E-state index contributed by atoms with van der Waals surface area (Å²) >= 11 is 0. The molecule has 0 bridgehead atoms. The maximum atomic E-state index is 13.2. The van der Waals surface area contributed by atoms with Crippen LogP contribution in [0, 0.1) is 17.3 Å². The molecule has 2 fully saturated rings. The first kappa shape index (κ1) is 20.4. The maximum absolute atomic E-state index is 13.2. The van der Waals surface area contributed by atoms with Crippen molar-refractivity contribution in [1.29, 1.82) is 0 Å². The number of ketones is 1. The van der Waals surface area contributed by atoms with Gasteiger partial charge in [-0.15, -0.1) is 0 Å². The first-order valence-electron chi connectivity index (χ1n) is 9.27. The quantitative estimate of drug-likeness (QED) is 0.327. The molecule has 0 aliphatic carbocycles. The molecule has 0 aromatic rings. The monoisotopic (exact) mass is 363 g/mol. The number of amides is 1. The molecule has 2 rings (SSSR count). The lowest BCUT2D eigenvalue weighted by atomic mass is 9.66. The highest BCUT2D eigenvalue weighted by atomic mass is 16.5. The van der Waals surface area contributed by atoms with Gasteiger partial charge in [-0.2, -0.15) is 0 Å². The van der Waals surface area contributed by atoms with Crippen LogP contribution >= 0.6 is 0 Å².